The average Bonchev–Trinajstić information content (AvgIpc) is 2.25. The molecule has 96 valence electrons. The van der Waals surface area contributed by atoms with Gasteiger partial charge in [0, 0.05) is 25.8 Å². The van der Waals surface area contributed by atoms with E-state index in [9.17, 15) is 12.9 Å². The van der Waals surface area contributed by atoms with Crippen molar-refractivity contribution in [2.24, 2.45) is 0 Å². The smallest absolute Gasteiger partial charge is 0.445 e. The zero-order chi connectivity index (χ0) is 13.1. The number of likely N-dealkylation sites (N-methyl/N-ethyl adjacent to an activating group) is 2. The third-order valence-electron chi connectivity index (χ3n) is 2.59. The maximum absolute atomic E-state index is 12.4. The molecule has 0 bridgehead atoms. The second kappa shape index (κ2) is 7.92. The van der Waals surface area contributed by atoms with E-state index in [1.54, 1.807) is 0 Å². The minimum absolute atomic E-state index is 0. The largest absolute Gasteiger partial charge is 1.00 e. The number of nitrogens with zero attached hydrogens (tertiary/aromatic N) is 2. The van der Waals surface area contributed by atoms with E-state index < -0.39 is 12.4 Å². The number of halogens is 3. The molecule has 0 aromatic heterocycles. The summed E-state index contributed by atoms with van der Waals surface area (Å²) < 4.78 is 37.3. The van der Waals surface area contributed by atoms with Crippen LogP contribution in [-0.2, 0) is 0 Å². The van der Waals surface area contributed by atoms with Crippen LogP contribution in [0.15, 0.2) is 24.3 Å². The van der Waals surface area contributed by atoms with Crippen molar-refractivity contribution in [1.29, 1.82) is 0 Å². The zero-order valence-electron chi connectivity index (χ0n) is 11.3. The van der Waals surface area contributed by atoms with Crippen LogP contribution >= 0.6 is 0 Å². The van der Waals surface area contributed by atoms with Gasteiger partial charge in [-0.15, -0.1) is 5.46 Å². The van der Waals surface area contributed by atoms with Crippen LogP contribution in [-0.4, -0.2) is 46.1 Å². The maximum atomic E-state index is 12.4. The number of hydrogen-bond acceptors (Lipinski definition) is 2. The SMILES string of the molecule is CN(C)CCN(C)c1ccc([B-](F)(F)F)cc1.[K+]. The van der Waals surface area contributed by atoms with Gasteiger partial charge in [0.05, 0.1) is 0 Å². The minimum Gasteiger partial charge on any atom is -0.445 e. The Balaban J connectivity index is 0.00000289. The zero-order valence-corrected chi connectivity index (χ0v) is 14.5. The first kappa shape index (κ1) is 18.5. The maximum Gasteiger partial charge on any atom is 1.00 e. The predicted molar refractivity (Wildman–Crippen MR) is 67.0 cm³/mol. The first-order chi connectivity index (χ1) is 7.80. The van der Waals surface area contributed by atoms with E-state index in [0.717, 1.165) is 30.9 Å². The van der Waals surface area contributed by atoms with Crippen molar-refractivity contribution in [2.45, 2.75) is 0 Å². The Bertz CT molecular complexity index is 354. The topological polar surface area (TPSA) is 6.48 Å². The summed E-state index contributed by atoms with van der Waals surface area (Å²) in [7, 11) is 5.80. The van der Waals surface area contributed by atoms with Gasteiger partial charge in [0.15, 0.2) is 0 Å². The Labute approximate surface area is 149 Å². The molecule has 0 saturated carbocycles. The number of hydrogen-bond donors (Lipinski definition) is 0. The first-order valence-corrected chi connectivity index (χ1v) is 5.46. The van der Waals surface area contributed by atoms with Gasteiger partial charge in [-0.25, -0.2) is 0 Å². The number of rotatable bonds is 5. The Hall–Kier alpha value is 0.471. The Kier molecular flexibility index (Phi) is 8.12. The molecule has 0 atom stereocenters. The minimum atomic E-state index is -4.89. The van der Waals surface area contributed by atoms with Crippen molar-refractivity contribution in [1.82, 2.24) is 4.90 Å². The molecule has 0 aliphatic heterocycles. The average molecular weight is 284 g/mol. The third-order valence-corrected chi connectivity index (χ3v) is 2.59. The molecule has 1 aromatic rings. The summed E-state index contributed by atoms with van der Waals surface area (Å²) in [4.78, 5) is 3.97. The number of benzene rings is 1. The molecule has 0 radical (unpaired) electrons. The van der Waals surface area contributed by atoms with Crippen molar-refractivity contribution >= 4 is 18.1 Å². The Morgan fingerprint density at radius 1 is 0.944 bits per heavy atom. The van der Waals surface area contributed by atoms with Crippen LogP contribution in [0, 0.1) is 0 Å². The first-order valence-electron chi connectivity index (χ1n) is 5.46. The van der Waals surface area contributed by atoms with Gasteiger partial charge < -0.3 is 22.7 Å². The normalized spacial score (nSPS) is 11.3. The summed E-state index contributed by atoms with van der Waals surface area (Å²) in [6.45, 7) is -3.25. The van der Waals surface area contributed by atoms with Crippen LogP contribution in [0.25, 0.3) is 0 Å². The summed E-state index contributed by atoms with van der Waals surface area (Å²) in [6, 6.07) is 5.31. The summed E-state index contributed by atoms with van der Waals surface area (Å²) >= 11 is 0. The van der Waals surface area contributed by atoms with Crippen LogP contribution in [0.5, 0.6) is 0 Å². The molecule has 2 nitrogen and oxygen atoms in total. The third kappa shape index (κ3) is 6.08. The van der Waals surface area contributed by atoms with Crippen molar-refractivity contribution in [3.05, 3.63) is 24.3 Å². The van der Waals surface area contributed by atoms with Crippen LogP contribution in [0.3, 0.4) is 0 Å². The molecular weight excluding hydrogens is 267 g/mol. The van der Waals surface area contributed by atoms with E-state index in [1.807, 2.05) is 30.9 Å². The molecule has 0 spiro atoms. The molecule has 0 fully saturated rings. The van der Waals surface area contributed by atoms with Crippen LogP contribution < -0.4 is 61.7 Å². The fourth-order valence-corrected chi connectivity index (χ4v) is 1.43. The van der Waals surface area contributed by atoms with E-state index in [1.165, 1.54) is 12.1 Å². The van der Waals surface area contributed by atoms with E-state index in [4.69, 9.17) is 0 Å². The summed E-state index contributed by atoms with van der Waals surface area (Å²) in [5, 5.41) is 0. The molecule has 0 aliphatic carbocycles. The van der Waals surface area contributed by atoms with Crippen LogP contribution in [0.1, 0.15) is 0 Å². The monoisotopic (exact) mass is 284 g/mol. The van der Waals surface area contributed by atoms with Gasteiger partial charge in [-0.05, 0) is 26.2 Å². The Morgan fingerprint density at radius 2 is 1.44 bits per heavy atom. The van der Waals surface area contributed by atoms with Gasteiger partial charge in [-0.3, -0.25) is 0 Å². The van der Waals surface area contributed by atoms with Crippen LogP contribution in [0.2, 0.25) is 0 Å². The summed E-state index contributed by atoms with van der Waals surface area (Å²) in [6.07, 6.45) is 0. The van der Waals surface area contributed by atoms with E-state index in [0.29, 0.717) is 0 Å². The van der Waals surface area contributed by atoms with Gasteiger partial charge in [-0.2, -0.15) is 0 Å². The van der Waals surface area contributed by atoms with Crippen molar-refractivity contribution in [2.75, 3.05) is 39.1 Å². The molecule has 0 unspecified atom stereocenters. The molecule has 1 rings (SSSR count). The van der Waals surface area contributed by atoms with Crippen molar-refractivity contribution in [3.63, 3.8) is 0 Å². The van der Waals surface area contributed by atoms with Gasteiger partial charge >= 0.3 is 58.4 Å². The molecule has 0 N–H and O–H groups in total. The summed E-state index contributed by atoms with van der Waals surface area (Å²) in [5.41, 5.74) is 0.255. The Morgan fingerprint density at radius 3 is 1.83 bits per heavy atom. The fourth-order valence-electron chi connectivity index (χ4n) is 1.43. The number of anilines is 1. The summed E-state index contributed by atoms with van der Waals surface area (Å²) in [5.74, 6) is 0. The van der Waals surface area contributed by atoms with Gasteiger partial charge in [0.2, 0.25) is 0 Å². The van der Waals surface area contributed by atoms with Crippen LogP contribution in [0.4, 0.5) is 18.6 Å². The second-order valence-electron chi connectivity index (χ2n) is 4.39. The van der Waals surface area contributed by atoms with Crippen molar-refractivity contribution < 1.29 is 64.3 Å². The van der Waals surface area contributed by atoms with E-state index in [-0.39, 0.29) is 51.4 Å². The second-order valence-corrected chi connectivity index (χ2v) is 4.39. The molecule has 1 aromatic carbocycles. The molecule has 0 amide bonds. The fraction of sp³-hybridized carbons (Fsp3) is 0.455. The predicted octanol–water partition coefficient (Wildman–Crippen LogP) is -1.26. The molecule has 0 saturated heterocycles. The van der Waals surface area contributed by atoms with Gasteiger partial charge in [0.25, 0.3) is 0 Å². The van der Waals surface area contributed by atoms with Gasteiger partial charge in [0.1, 0.15) is 0 Å². The molecule has 7 heteroatoms. The van der Waals surface area contributed by atoms with E-state index >= 15 is 0 Å². The van der Waals surface area contributed by atoms with Crippen molar-refractivity contribution in [3.8, 4) is 0 Å². The standard InChI is InChI=1S/C11H17BF3N2.K/c1-16(2)8-9-17(3)11-6-4-10(5-7-11)12(13,14)15;/h4-7H,8-9H2,1-3H3;/q-1;+1. The molecule has 0 heterocycles. The molecular formula is C11H17BF3KN2. The van der Waals surface area contributed by atoms with E-state index in [2.05, 4.69) is 0 Å². The quantitative estimate of drug-likeness (QED) is 0.623. The molecule has 0 aliphatic rings. The molecule has 18 heavy (non-hydrogen) atoms. The van der Waals surface area contributed by atoms with Gasteiger partial charge in [-0.1, -0.05) is 12.1 Å².